The van der Waals surface area contributed by atoms with Gasteiger partial charge in [0.05, 0.1) is 12.6 Å². The van der Waals surface area contributed by atoms with Crippen molar-refractivity contribution in [3.05, 3.63) is 0 Å². The summed E-state index contributed by atoms with van der Waals surface area (Å²) in [5.41, 5.74) is -0.779. The van der Waals surface area contributed by atoms with Gasteiger partial charge in [0, 0.05) is 6.42 Å². The summed E-state index contributed by atoms with van der Waals surface area (Å²) in [7, 11) is 0. The van der Waals surface area contributed by atoms with E-state index in [1.54, 1.807) is 20.8 Å². The third kappa shape index (κ3) is 4.19. The topological polar surface area (TPSA) is 55.8 Å². The molecule has 0 bridgehead atoms. The van der Waals surface area contributed by atoms with Gasteiger partial charge in [0.2, 0.25) is 6.43 Å². The fraction of sp³-hybridized carbons (Fsp3) is 0.889. The Morgan fingerprint density at radius 1 is 1.59 bits per heavy atom. The summed E-state index contributed by atoms with van der Waals surface area (Å²) in [6.45, 7) is 4.72. The second-order valence-electron chi connectivity index (χ2n) is 4.59. The Kier molecular flexibility index (Phi) is 4.42. The summed E-state index contributed by atoms with van der Waals surface area (Å²) >= 11 is -2.05. The molecule has 0 aromatic carbocycles. The molecule has 1 aliphatic rings. The van der Waals surface area contributed by atoms with E-state index in [1.165, 1.54) is 0 Å². The van der Waals surface area contributed by atoms with E-state index in [-0.39, 0.29) is 6.61 Å². The van der Waals surface area contributed by atoms with Crippen LogP contribution in [0.1, 0.15) is 27.2 Å². The van der Waals surface area contributed by atoms with Crippen molar-refractivity contribution in [1.82, 2.24) is 4.31 Å². The summed E-state index contributed by atoms with van der Waals surface area (Å²) in [5.74, 6) is 0. The lowest BCUT2D eigenvalue weighted by Gasteiger charge is -2.25. The molecule has 1 unspecified atom stereocenters. The Morgan fingerprint density at radius 3 is 2.65 bits per heavy atom. The van der Waals surface area contributed by atoms with Crippen LogP contribution in [-0.4, -0.2) is 39.3 Å². The van der Waals surface area contributed by atoms with E-state index in [0.29, 0.717) is 0 Å². The van der Waals surface area contributed by atoms with Gasteiger partial charge in [-0.25, -0.2) is 17.8 Å². The van der Waals surface area contributed by atoms with Crippen LogP contribution in [0.4, 0.5) is 13.6 Å². The standard InChI is InChI=1S/C9H15F2NO4S/c1-9(2,3)16-8(13)12-6(4-7(10)11)5-15-17(12)14/h6-7H,4-5H2,1-3H3/t6-,17?/m0/s1. The van der Waals surface area contributed by atoms with E-state index < -0.39 is 41.8 Å². The van der Waals surface area contributed by atoms with Crippen LogP contribution in [0.2, 0.25) is 0 Å². The lowest BCUT2D eigenvalue weighted by Crippen LogP contribution is -2.41. The number of halogens is 2. The maximum Gasteiger partial charge on any atom is 0.424 e. The smallest absolute Gasteiger partial charge is 0.424 e. The summed E-state index contributed by atoms with van der Waals surface area (Å²) < 4.78 is 46.2. The Labute approximate surface area is 101 Å². The molecule has 1 fully saturated rings. The Bertz CT molecular complexity index is 319. The predicted octanol–water partition coefficient (Wildman–Crippen LogP) is 1.86. The lowest BCUT2D eigenvalue weighted by atomic mass is 10.2. The van der Waals surface area contributed by atoms with Crippen molar-refractivity contribution >= 4 is 17.4 Å². The number of carbonyl (C=O) groups excluding carboxylic acids is 1. The van der Waals surface area contributed by atoms with Crippen molar-refractivity contribution in [3.8, 4) is 0 Å². The summed E-state index contributed by atoms with van der Waals surface area (Å²) in [5, 5.41) is 0. The highest BCUT2D eigenvalue weighted by Gasteiger charge is 2.40. The molecular weight excluding hydrogens is 256 g/mol. The summed E-state index contributed by atoms with van der Waals surface area (Å²) in [4.78, 5) is 11.6. The van der Waals surface area contributed by atoms with Crippen molar-refractivity contribution in [1.29, 1.82) is 0 Å². The molecule has 8 heteroatoms. The Morgan fingerprint density at radius 2 is 2.18 bits per heavy atom. The molecule has 1 heterocycles. The molecule has 17 heavy (non-hydrogen) atoms. The lowest BCUT2D eigenvalue weighted by molar-refractivity contribution is 0.0309. The van der Waals surface area contributed by atoms with Crippen LogP contribution >= 0.6 is 0 Å². The van der Waals surface area contributed by atoms with Gasteiger partial charge in [-0.3, -0.25) is 4.18 Å². The predicted molar refractivity (Wildman–Crippen MR) is 56.6 cm³/mol. The largest absolute Gasteiger partial charge is 0.443 e. The zero-order valence-corrected chi connectivity index (χ0v) is 10.6. The SMILES string of the molecule is CC(C)(C)OC(=O)N1[C@@H](CC(F)F)COS1=O. The minimum absolute atomic E-state index is 0.170. The van der Waals surface area contributed by atoms with Crippen LogP contribution < -0.4 is 0 Å². The molecule has 100 valence electrons. The highest BCUT2D eigenvalue weighted by atomic mass is 32.2. The molecule has 0 aliphatic carbocycles. The number of alkyl halides is 2. The normalized spacial score (nSPS) is 25.4. The van der Waals surface area contributed by atoms with E-state index in [0.717, 1.165) is 4.31 Å². The van der Waals surface area contributed by atoms with Gasteiger partial charge in [-0.2, -0.15) is 4.31 Å². The number of rotatable bonds is 2. The third-order valence-corrected chi connectivity index (χ3v) is 2.98. The molecule has 5 nitrogen and oxygen atoms in total. The second kappa shape index (κ2) is 5.26. The number of carbonyl (C=O) groups is 1. The quantitative estimate of drug-likeness (QED) is 0.769. The van der Waals surface area contributed by atoms with E-state index in [1.807, 2.05) is 0 Å². The molecule has 0 aromatic rings. The van der Waals surface area contributed by atoms with E-state index in [4.69, 9.17) is 4.74 Å². The fourth-order valence-electron chi connectivity index (χ4n) is 1.27. The molecule has 1 rings (SSSR count). The molecule has 0 saturated carbocycles. The van der Waals surface area contributed by atoms with Crippen LogP contribution in [0.5, 0.6) is 0 Å². The summed E-state index contributed by atoms with van der Waals surface area (Å²) in [6.07, 6.45) is -4.08. The van der Waals surface area contributed by atoms with Crippen LogP contribution in [0.15, 0.2) is 0 Å². The van der Waals surface area contributed by atoms with Crippen LogP contribution in [0, 0.1) is 0 Å². The van der Waals surface area contributed by atoms with E-state index >= 15 is 0 Å². The Hall–Kier alpha value is -0.760. The minimum Gasteiger partial charge on any atom is -0.443 e. The first-order valence-electron chi connectivity index (χ1n) is 5.06. The number of ether oxygens (including phenoxy) is 1. The van der Waals surface area contributed by atoms with Gasteiger partial charge in [-0.05, 0) is 20.8 Å². The first kappa shape index (κ1) is 14.3. The summed E-state index contributed by atoms with van der Waals surface area (Å²) in [6, 6.07) is -0.911. The van der Waals surface area contributed by atoms with Gasteiger partial charge >= 0.3 is 6.09 Å². The highest BCUT2D eigenvalue weighted by Crippen LogP contribution is 2.23. The maximum atomic E-state index is 12.3. The van der Waals surface area contributed by atoms with Gasteiger partial charge in [0.1, 0.15) is 5.60 Å². The van der Waals surface area contributed by atoms with Crippen molar-refractivity contribution < 1.29 is 26.7 Å². The first-order valence-corrected chi connectivity index (χ1v) is 6.09. The molecule has 2 atom stereocenters. The van der Waals surface area contributed by atoms with Crippen LogP contribution in [-0.2, 0) is 20.2 Å². The molecule has 1 aliphatic heterocycles. The highest BCUT2D eigenvalue weighted by molar-refractivity contribution is 7.78. The molecule has 0 aromatic heterocycles. The number of amides is 1. The average Bonchev–Trinajstić information content (AvgIpc) is 2.42. The second-order valence-corrected chi connectivity index (χ2v) is 5.65. The Balaban J connectivity index is 2.71. The number of hydrogen-bond acceptors (Lipinski definition) is 4. The van der Waals surface area contributed by atoms with Gasteiger partial charge in [-0.15, -0.1) is 0 Å². The number of hydrogen-bond donors (Lipinski definition) is 0. The van der Waals surface area contributed by atoms with Crippen LogP contribution in [0.3, 0.4) is 0 Å². The number of nitrogens with zero attached hydrogens (tertiary/aromatic N) is 1. The van der Waals surface area contributed by atoms with Gasteiger partial charge < -0.3 is 4.74 Å². The zero-order valence-electron chi connectivity index (χ0n) is 9.81. The molecule has 0 radical (unpaired) electrons. The van der Waals surface area contributed by atoms with Crippen molar-refractivity contribution in [2.45, 2.75) is 45.3 Å². The van der Waals surface area contributed by atoms with Gasteiger partial charge in [0.15, 0.2) is 0 Å². The van der Waals surface area contributed by atoms with Crippen molar-refractivity contribution in [2.75, 3.05) is 6.61 Å². The molecular formula is C9H15F2NO4S. The van der Waals surface area contributed by atoms with Crippen molar-refractivity contribution in [2.24, 2.45) is 0 Å². The van der Waals surface area contributed by atoms with E-state index in [2.05, 4.69) is 4.18 Å². The maximum absolute atomic E-state index is 12.3. The molecule has 1 amide bonds. The molecule has 0 N–H and O–H groups in total. The van der Waals surface area contributed by atoms with E-state index in [9.17, 15) is 17.8 Å². The average molecular weight is 271 g/mol. The van der Waals surface area contributed by atoms with Gasteiger partial charge in [-0.1, -0.05) is 0 Å². The monoisotopic (exact) mass is 271 g/mol. The van der Waals surface area contributed by atoms with Crippen molar-refractivity contribution in [3.63, 3.8) is 0 Å². The minimum atomic E-state index is -2.59. The fourth-order valence-corrected chi connectivity index (χ4v) is 2.21. The third-order valence-electron chi connectivity index (χ3n) is 1.88. The zero-order chi connectivity index (χ0) is 13.2. The molecule has 1 saturated heterocycles. The first-order chi connectivity index (χ1) is 7.70. The molecule has 0 spiro atoms. The van der Waals surface area contributed by atoms with Gasteiger partial charge in [0.25, 0.3) is 11.3 Å². The van der Waals surface area contributed by atoms with Crippen LogP contribution in [0.25, 0.3) is 0 Å².